The van der Waals surface area contributed by atoms with Gasteiger partial charge in [0.25, 0.3) is 5.91 Å². The van der Waals surface area contributed by atoms with Crippen LogP contribution in [0.3, 0.4) is 0 Å². The minimum absolute atomic E-state index is 0.0714. The van der Waals surface area contributed by atoms with Gasteiger partial charge in [-0.3, -0.25) is 10.0 Å². The number of hydrogen-bond donors (Lipinski definition) is 4. The first-order valence-electron chi connectivity index (χ1n) is 6.71. The monoisotopic (exact) mass is 336 g/mol. The van der Waals surface area contributed by atoms with Crippen LogP contribution in [-0.2, 0) is 21.2 Å². The van der Waals surface area contributed by atoms with Gasteiger partial charge in [0.05, 0.1) is 4.90 Å². The van der Waals surface area contributed by atoms with E-state index in [0.29, 0.717) is 0 Å². The summed E-state index contributed by atoms with van der Waals surface area (Å²) in [5.74, 6) is -0.936. The lowest BCUT2D eigenvalue weighted by molar-refractivity contribution is -0.130. The number of sulfonamides is 1. The van der Waals surface area contributed by atoms with Crippen LogP contribution in [0, 0.1) is 0 Å². The van der Waals surface area contributed by atoms with E-state index in [-0.39, 0.29) is 17.1 Å². The Hall–Kier alpha value is -2.42. The second-order valence-electron chi connectivity index (χ2n) is 4.83. The Morgan fingerprint density at radius 1 is 1.04 bits per heavy atom. The SMILES string of the molecule is O=C(NO)C(Cc1ccccc1)NS(=O)(=O)c1ccc(O)cc1. The summed E-state index contributed by atoms with van der Waals surface area (Å²) in [7, 11) is -3.98. The fourth-order valence-corrected chi connectivity index (χ4v) is 3.19. The highest BCUT2D eigenvalue weighted by Gasteiger charge is 2.25. The van der Waals surface area contributed by atoms with Crippen molar-refractivity contribution in [1.82, 2.24) is 10.2 Å². The molecule has 8 heteroatoms. The van der Waals surface area contributed by atoms with E-state index in [1.54, 1.807) is 30.3 Å². The molecule has 2 rings (SSSR count). The molecule has 0 saturated carbocycles. The molecule has 23 heavy (non-hydrogen) atoms. The van der Waals surface area contributed by atoms with E-state index in [0.717, 1.165) is 5.56 Å². The van der Waals surface area contributed by atoms with Crippen LogP contribution in [0.25, 0.3) is 0 Å². The molecule has 0 bridgehead atoms. The van der Waals surface area contributed by atoms with Crippen molar-refractivity contribution in [1.29, 1.82) is 0 Å². The predicted molar refractivity (Wildman–Crippen MR) is 82.3 cm³/mol. The predicted octanol–water partition coefficient (Wildman–Crippen LogP) is 0.787. The molecule has 0 aliphatic rings. The van der Waals surface area contributed by atoms with Crippen molar-refractivity contribution in [3.05, 3.63) is 60.2 Å². The molecule has 0 fully saturated rings. The van der Waals surface area contributed by atoms with Crippen LogP contribution in [0.4, 0.5) is 0 Å². The molecule has 1 unspecified atom stereocenters. The van der Waals surface area contributed by atoms with E-state index in [4.69, 9.17) is 5.21 Å². The van der Waals surface area contributed by atoms with Crippen LogP contribution in [0.1, 0.15) is 5.56 Å². The molecule has 0 aliphatic heterocycles. The minimum Gasteiger partial charge on any atom is -0.508 e. The van der Waals surface area contributed by atoms with Gasteiger partial charge in [0.15, 0.2) is 0 Å². The highest BCUT2D eigenvalue weighted by Crippen LogP contribution is 2.15. The number of phenolic OH excluding ortho intramolecular Hbond substituents is 1. The lowest BCUT2D eigenvalue weighted by atomic mass is 10.1. The van der Waals surface area contributed by atoms with Crippen LogP contribution in [0.5, 0.6) is 5.75 Å². The Bertz CT molecular complexity index is 760. The van der Waals surface area contributed by atoms with Gasteiger partial charge in [0, 0.05) is 0 Å². The Morgan fingerprint density at radius 2 is 1.65 bits per heavy atom. The number of nitrogens with one attached hydrogen (secondary N) is 2. The first kappa shape index (κ1) is 16.9. The van der Waals surface area contributed by atoms with E-state index in [1.165, 1.54) is 29.7 Å². The smallest absolute Gasteiger partial charge is 0.261 e. The third-order valence-corrected chi connectivity index (χ3v) is 4.64. The summed E-state index contributed by atoms with van der Waals surface area (Å²) < 4.78 is 26.9. The summed E-state index contributed by atoms with van der Waals surface area (Å²) in [6, 6.07) is 12.5. The van der Waals surface area contributed by atoms with E-state index in [1.807, 2.05) is 0 Å². The fraction of sp³-hybridized carbons (Fsp3) is 0.133. The van der Waals surface area contributed by atoms with Crippen molar-refractivity contribution < 1.29 is 23.5 Å². The largest absolute Gasteiger partial charge is 0.508 e. The zero-order chi connectivity index (χ0) is 16.9. The van der Waals surface area contributed by atoms with Crippen LogP contribution in [0.15, 0.2) is 59.5 Å². The van der Waals surface area contributed by atoms with Crippen LogP contribution < -0.4 is 10.2 Å². The van der Waals surface area contributed by atoms with Gasteiger partial charge in [-0.15, -0.1) is 0 Å². The highest BCUT2D eigenvalue weighted by molar-refractivity contribution is 7.89. The normalized spacial score (nSPS) is 12.6. The molecule has 0 aliphatic carbocycles. The summed E-state index contributed by atoms with van der Waals surface area (Å²) in [5.41, 5.74) is 2.19. The third-order valence-electron chi connectivity index (χ3n) is 3.15. The molecule has 0 saturated heterocycles. The molecule has 4 N–H and O–H groups in total. The molecule has 1 atom stereocenters. The summed E-state index contributed by atoms with van der Waals surface area (Å²) >= 11 is 0. The van der Waals surface area contributed by atoms with Crippen molar-refractivity contribution in [3.63, 3.8) is 0 Å². The number of hydroxylamine groups is 1. The molecule has 7 nitrogen and oxygen atoms in total. The van der Waals surface area contributed by atoms with Gasteiger partial charge in [-0.1, -0.05) is 30.3 Å². The van der Waals surface area contributed by atoms with Gasteiger partial charge in [-0.25, -0.2) is 13.9 Å². The molecular weight excluding hydrogens is 320 g/mol. The zero-order valence-electron chi connectivity index (χ0n) is 12.0. The summed E-state index contributed by atoms with van der Waals surface area (Å²) in [5, 5.41) is 18.0. The van der Waals surface area contributed by atoms with Crippen LogP contribution >= 0.6 is 0 Å². The Kier molecular flexibility index (Phi) is 5.32. The number of rotatable bonds is 6. The van der Waals surface area contributed by atoms with Crippen molar-refractivity contribution >= 4 is 15.9 Å². The van der Waals surface area contributed by atoms with E-state index in [9.17, 15) is 18.3 Å². The zero-order valence-corrected chi connectivity index (χ0v) is 12.8. The van der Waals surface area contributed by atoms with Gasteiger partial charge in [0.2, 0.25) is 10.0 Å². The molecule has 0 radical (unpaired) electrons. The van der Waals surface area contributed by atoms with Gasteiger partial charge >= 0.3 is 0 Å². The second kappa shape index (κ2) is 7.23. The number of aromatic hydroxyl groups is 1. The minimum atomic E-state index is -3.98. The standard InChI is InChI=1S/C15H16N2O5S/c18-12-6-8-13(9-7-12)23(21,22)17-14(15(19)16-20)10-11-4-2-1-3-5-11/h1-9,14,17-18,20H,10H2,(H,16,19). The van der Waals surface area contributed by atoms with Crippen LogP contribution in [-0.4, -0.2) is 30.7 Å². The second-order valence-corrected chi connectivity index (χ2v) is 6.55. The maximum atomic E-state index is 12.3. The van der Waals surface area contributed by atoms with Gasteiger partial charge in [0.1, 0.15) is 11.8 Å². The van der Waals surface area contributed by atoms with Crippen molar-refractivity contribution in [2.24, 2.45) is 0 Å². The summed E-state index contributed by atoms with van der Waals surface area (Å²) in [6.45, 7) is 0. The summed E-state index contributed by atoms with van der Waals surface area (Å²) in [6.07, 6.45) is 0.0740. The van der Waals surface area contributed by atoms with Gasteiger partial charge in [-0.2, -0.15) is 4.72 Å². The maximum Gasteiger partial charge on any atom is 0.261 e. The molecule has 0 spiro atoms. The lowest BCUT2D eigenvalue weighted by Gasteiger charge is -2.17. The molecule has 2 aromatic rings. The number of benzene rings is 2. The Balaban J connectivity index is 2.23. The topological polar surface area (TPSA) is 116 Å². The molecular formula is C15H16N2O5S. The van der Waals surface area contributed by atoms with E-state index < -0.39 is 22.0 Å². The average molecular weight is 336 g/mol. The van der Waals surface area contributed by atoms with E-state index >= 15 is 0 Å². The Labute approximate surface area is 133 Å². The number of phenols is 1. The molecule has 0 heterocycles. The fourth-order valence-electron chi connectivity index (χ4n) is 2.00. The number of carbonyl (C=O) groups excluding carboxylic acids is 1. The number of amides is 1. The number of hydrogen-bond acceptors (Lipinski definition) is 5. The van der Waals surface area contributed by atoms with Crippen LogP contribution in [0.2, 0.25) is 0 Å². The van der Waals surface area contributed by atoms with Gasteiger partial charge in [-0.05, 0) is 36.2 Å². The average Bonchev–Trinajstić information content (AvgIpc) is 2.54. The molecule has 2 aromatic carbocycles. The summed E-state index contributed by atoms with van der Waals surface area (Å²) in [4.78, 5) is 11.7. The lowest BCUT2D eigenvalue weighted by Crippen LogP contribution is -2.47. The quantitative estimate of drug-likeness (QED) is 0.460. The molecule has 1 amide bonds. The maximum absolute atomic E-state index is 12.3. The first-order valence-corrected chi connectivity index (χ1v) is 8.20. The van der Waals surface area contributed by atoms with Crippen molar-refractivity contribution in [3.8, 4) is 5.75 Å². The first-order chi connectivity index (χ1) is 10.9. The number of carbonyl (C=O) groups is 1. The third kappa shape index (κ3) is 4.52. The van der Waals surface area contributed by atoms with Crippen molar-refractivity contribution in [2.75, 3.05) is 0 Å². The molecule has 122 valence electrons. The van der Waals surface area contributed by atoms with Crippen molar-refractivity contribution in [2.45, 2.75) is 17.4 Å². The Morgan fingerprint density at radius 3 is 2.22 bits per heavy atom. The van der Waals surface area contributed by atoms with Gasteiger partial charge < -0.3 is 5.11 Å². The highest BCUT2D eigenvalue weighted by atomic mass is 32.2. The van der Waals surface area contributed by atoms with E-state index in [2.05, 4.69) is 4.72 Å². The molecule has 0 aromatic heterocycles.